The van der Waals surface area contributed by atoms with Crippen LogP contribution < -0.4 is 11.1 Å². The Balaban J connectivity index is 2.72. The maximum absolute atomic E-state index is 11.8. The van der Waals surface area contributed by atoms with Gasteiger partial charge in [0.25, 0.3) is 0 Å². The summed E-state index contributed by atoms with van der Waals surface area (Å²) in [6.45, 7) is 0.791. The van der Waals surface area contributed by atoms with Gasteiger partial charge in [0.1, 0.15) is 12.2 Å². The first-order valence-corrected chi connectivity index (χ1v) is 12.3. The molecule has 0 aromatic heterocycles. The topological polar surface area (TPSA) is 243 Å². The quantitative estimate of drug-likeness (QED) is 0.195. The van der Waals surface area contributed by atoms with E-state index < -0.39 is 60.6 Å². The molecular formula is C10H23N2O14P3. The van der Waals surface area contributed by atoms with E-state index in [0.29, 0.717) is 7.11 Å². The normalized spacial score (nSPS) is 30.7. The van der Waals surface area contributed by atoms with Crippen LogP contribution in [0.25, 0.3) is 0 Å². The Labute approximate surface area is 165 Å². The number of carbonyl (C=O) groups is 1. The van der Waals surface area contributed by atoms with E-state index in [-0.39, 0.29) is 13.1 Å². The largest absolute Gasteiger partial charge is 0.490 e. The zero-order chi connectivity index (χ0) is 22.5. The van der Waals surface area contributed by atoms with Gasteiger partial charge < -0.3 is 40.3 Å². The van der Waals surface area contributed by atoms with Gasteiger partial charge in [-0.25, -0.2) is 18.5 Å². The Morgan fingerprint density at radius 3 is 2.28 bits per heavy atom. The van der Waals surface area contributed by atoms with Crippen LogP contribution >= 0.6 is 23.5 Å². The number of rotatable bonds is 11. The summed E-state index contributed by atoms with van der Waals surface area (Å²) in [6, 6.07) is 0. The molecule has 7 atom stereocenters. The highest BCUT2D eigenvalue weighted by molar-refractivity contribution is 7.66. The van der Waals surface area contributed by atoms with Crippen LogP contribution in [0.4, 0.5) is 4.79 Å². The Morgan fingerprint density at radius 2 is 1.72 bits per heavy atom. The molecule has 0 saturated carbocycles. The van der Waals surface area contributed by atoms with Gasteiger partial charge in [-0.1, -0.05) is 0 Å². The van der Waals surface area contributed by atoms with Crippen molar-refractivity contribution in [3.8, 4) is 0 Å². The highest BCUT2D eigenvalue weighted by atomic mass is 31.3. The van der Waals surface area contributed by atoms with Crippen LogP contribution in [0.5, 0.6) is 0 Å². The zero-order valence-corrected chi connectivity index (χ0v) is 17.9. The smallest absolute Gasteiger partial charge is 0.440 e. The maximum atomic E-state index is 11.8. The van der Waals surface area contributed by atoms with E-state index in [4.69, 9.17) is 20.1 Å². The van der Waals surface area contributed by atoms with Gasteiger partial charge >= 0.3 is 29.6 Å². The average Bonchev–Trinajstić information content (AvgIpc) is 2.84. The van der Waals surface area contributed by atoms with Crippen LogP contribution in [0.3, 0.4) is 0 Å². The summed E-state index contributed by atoms with van der Waals surface area (Å²) in [6.07, 6.45) is -5.72. The monoisotopic (exact) mass is 488 g/mol. The highest BCUT2D eigenvalue weighted by Crippen LogP contribution is 2.67. The van der Waals surface area contributed by atoms with E-state index in [2.05, 4.69) is 23.0 Å². The van der Waals surface area contributed by atoms with Gasteiger partial charge in [0.15, 0.2) is 6.10 Å². The molecule has 1 amide bonds. The molecule has 1 saturated heterocycles. The van der Waals surface area contributed by atoms with Gasteiger partial charge in [-0.05, 0) is 6.92 Å². The Kier molecular flexibility index (Phi) is 9.84. The molecule has 1 fully saturated rings. The van der Waals surface area contributed by atoms with E-state index in [9.17, 15) is 33.4 Å². The fourth-order valence-corrected chi connectivity index (χ4v) is 5.30. The number of nitrogens with one attached hydrogen (secondary N) is 1. The molecule has 1 heterocycles. The molecule has 172 valence electrons. The minimum Gasteiger partial charge on any atom is -0.440 e. The number of ether oxygens (including phenoxy) is 2. The highest BCUT2D eigenvalue weighted by Gasteiger charge is 2.47. The van der Waals surface area contributed by atoms with Crippen LogP contribution in [-0.2, 0) is 40.8 Å². The first kappa shape index (κ1) is 26.6. The van der Waals surface area contributed by atoms with Crippen molar-refractivity contribution in [2.75, 3.05) is 26.8 Å². The van der Waals surface area contributed by atoms with Gasteiger partial charge in [0.2, 0.25) is 0 Å². The second-order valence-corrected chi connectivity index (χ2v) is 10.2. The van der Waals surface area contributed by atoms with Crippen LogP contribution in [0.1, 0.15) is 6.92 Å². The molecule has 19 heteroatoms. The Bertz CT molecular complexity index is 705. The molecule has 0 aromatic carbocycles. The van der Waals surface area contributed by atoms with Crippen molar-refractivity contribution in [3.05, 3.63) is 0 Å². The van der Waals surface area contributed by atoms with Crippen molar-refractivity contribution in [1.29, 1.82) is 0 Å². The third-order valence-electron chi connectivity index (χ3n) is 3.28. The number of hydrogen-bond donors (Lipinski definition) is 6. The van der Waals surface area contributed by atoms with E-state index in [1.165, 1.54) is 6.92 Å². The number of phosphoric ester groups is 2. The van der Waals surface area contributed by atoms with Crippen molar-refractivity contribution in [3.63, 3.8) is 0 Å². The third kappa shape index (κ3) is 9.07. The Hall–Kier alpha value is -0.440. The number of phosphoric acid groups is 3. The number of alkyl carbamates (subject to hydrolysis) is 1. The molecular weight excluding hydrogens is 465 g/mol. The van der Waals surface area contributed by atoms with Crippen molar-refractivity contribution < 1.29 is 65.4 Å². The molecule has 0 spiro atoms. The molecule has 1 aliphatic heterocycles. The number of amides is 1. The fraction of sp³-hybridized carbons (Fsp3) is 0.900. The zero-order valence-electron chi connectivity index (χ0n) is 15.2. The first-order valence-electron chi connectivity index (χ1n) is 7.81. The second-order valence-electron chi connectivity index (χ2n) is 5.50. The van der Waals surface area contributed by atoms with Gasteiger partial charge in [-0.15, -0.1) is 0 Å². The van der Waals surface area contributed by atoms with Crippen molar-refractivity contribution in [1.82, 2.24) is 5.32 Å². The molecule has 4 unspecified atom stereocenters. The van der Waals surface area contributed by atoms with Gasteiger partial charge in [-0.3, -0.25) is 9.05 Å². The number of hydrogen-bond acceptors (Lipinski definition) is 12. The van der Waals surface area contributed by atoms with Crippen molar-refractivity contribution >= 4 is 29.6 Å². The van der Waals surface area contributed by atoms with Gasteiger partial charge in [0.05, 0.1) is 12.7 Å². The van der Waals surface area contributed by atoms with E-state index >= 15 is 0 Å². The standard InChI is InChI=1S/C10H23N2O14P3/c1-6-8(13)9(24-10(14)12-4-3-11)7(23-6)5-22-28(17,18)26-29(19,20)25-27(15,16)21-2/h6-9,13H,3-5,11H2,1-2H3,(H,12,14)(H,15,16)(H,17,18)(H,19,20)/t6-,7+,8+,9?/m0/s1. The number of carbonyl (C=O) groups excluding carboxylic acids is 1. The van der Waals surface area contributed by atoms with Crippen LogP contribution in [-0.4, -0.2) is 77.1 Å². The summed E-state index contributed by atoms with van der Waals surface area (Å²) in [7, 11) is -15.3. The molecule has 1 aliphatic rings. The van der Waals surface area contributed by atoms with Crippen molar-refractivity contribution in [2.24, 2.45) is 5.73 Å². The SMILES string of the molecule is COP(=O)(O)OP(=O)(O)OP(=O)(O)OC[C@H]1O[C@@H](C)[C@@H](O)C1OC(=O)NCCN. The van der Waals surface area contributed by atoms with Gasteiger partial charge in [-0.2, -0.15) is 8.62 Å². The second kappa shape index (κ2) is 10.7. The van der Waals surface area contributed by atoms with Crippen LogP contribution in [0.2, 0.25) is 0 Å². The summed E-state index contributed by atoms with van der Waals surface area (Å²) in [4.78, 5) is 39.4. The lowest BCUT2D eigenvalue weighted by atomic mass is 10.1. The molecule has 29 heavy (non-hydrogen) atoms. The number of aliphatic hydroxyl groups excluding tert-OH is 1. The molecule has 0 bridgehead atoms. The minimum atomic E-state index is -5.56. The average molecular weight is 488 g/mol. The molecule has 7 N–H and O–H groups in total. The first-order chi connectivity index (χ1) is 13.2. The molecule has 0 aliphatic carbocycles. The lowest BCUT2D eigenvalue weighted by Crippen LogP contribution is -2.42. The Morgan fingerprint density at radius 1 is 1.14 bits per heavy atom. The minimum absolute atomic E-state index is 0.0842. The summed E-state index contributed by atoms with van der Waals surface area (Å²) >= 11 is 0. The van der Waals surface area contributed by atoms with Crippen molar-refractivity contribution in [2.45, 2.75) is 31.3 Å². The number of nitrogens with two attached hydrogens (primary N) is 1. The summed E-state index contributed by atoms with van der Waals surface area (Å²) in [5.41, 5.74) is 5.22. The number of aliphatic hydroxyl groups is 1. The molecule has 1 rings (SSSR count). The maximum Gasteiger partial charge on any atom is 0.490 e. The predicted molar refractivity (Wildman–Crippen MR) is 92.3 cm³/mol. The summed E-state index contributed by atoms with van der Waals surface area (Å²) < 4.78 is 60.7. The van der Waals surface area contributed by atoms with E-state index in [1.54, 1.807) is 0 Å². The summed E-state index contributed by atoms with van der Waals surface area (Å²) in [5, 5.41) is 12.3. The molecule has 16 nitrogen and oxygen atoms in total. The predicted octanol–water partition coefficient (Wildman–Crippen LogP) is -0.814. The molecule has 0 aromatic rings. The van der Waals surface area contributed by atoms with Crippen LogP contribution in [0, 0.1) is 0 Å². The summed E-state index contributed by atoms with van der Waals surface area (Å²) in [5.74, 6) is 0. The van der Waals surface area contributed by atoms with Gasteiger partial charge in [0, 0.05) is 20.2 Å². The van der Waals surface area contributed by atoms with Crippen LogP contribution in [0.15, 0.2) is 0 Å². The van der Waals surface area contributed by atoms with E-state index in [1.807, 2.05) is 0 Å². The fourth-order valence-electron chi connectivity index (χ4n) is 2.04. The lowest BCUT2D eigenvalue weighted by molar-refractivity contribution is -0.0231. The van der Waals surface area contributed by atoms with E-state index in [0.717, 1.165) is 0 Å². The third-order valence-corrected chi connectivity index (χ3v) is 7.51. The lowest BCUT2D eigenvalue weighted by Gasteiger charge is -2.22. The molecule has 0 radical (unpaired) electrons.